The molecule has 0 aromatic carbocycles. The fourth-order valence-corrected chi connectivity index (χ4v) is 1.71. The Kier molecular flexibility index (Phi) is 1.79. The molecule has 4 nitrogen and oxygen atoms in total. The van der Waals surface area contributed by atoms with E-state index in [0.29, 0.717) is 6.04 Å². The molecular formula is C7H12N2O2. The van der Waals surface area contributed by atoms with Crippen LogP contribution in [-0.4, -0.2) is 49.7 Å². The smallest absolute Gasteiger partial charge is 0.209 e. The number of rotatable bonds is 1. The number of ether oxygens (including phenoxy) is 1. The van der Waals surface area contributed by atoms with Crippen molar-refractivity contribution in [2.24, 2.45) is 0 Å². The molecule has 2 aliphatic rings. The lowest BCUT2D eigenvalue weighted by Gasteiger charge is -2.25. The number of nitrogens with zero attached hydrogens (tertiary/aromatic N) is 1. The zero-order valence-electron chi connectivity index (χ0n) is 6.32. The zero-order valence-corrected chi connectivity index (χ0v) is 6.32. The van der Waals surface area contributed by atoms with Gasteiger partial charge in [0.1, 0.15) is 0 Å². The molecule has 4 heteroatoms. The van der Waals surface area contributed by atoms with E-state index in [4.69, 9.17) is 4.74 Å². The minimum atomic E-state index is 0.231. The summed E-state index contributed by atoms with van der Waals surface area (Å²) in [5.41, 5.74) is 0. The lowest BCUT2D eigenvalue weighted by Crippen LogP contribution is -2.47. The third-order valence-corrected chi connectivity index (χ3v) is 2.28. The van der Waals surface area contributed by atoms with Crippen LogP contribution < -0.4 is 5.32 Å². The van der Waals surface area contributed by atoms with Crippen molar-refractivity contribution < 1.29 is 9.53 Å². The molecule has 0 aromatic heterocycles. The summed E-state index contributed by atoms with van der Waals surface area (Å²) in [5, 5.41) is 3.32. The van der Waals surface area contributed by atoms with E-state index in [2.05, 4.69) is 5.32 Å². The summed E-state index contributed by atoms with van der Waals surface area (Å²) in [7, 11) is 0. The lowest BCUT2D eigenvalue weighted by atomic mass is 10.2. The van der Waals surface area contributed by atoms with E-state index in [1.807, 2.05) is 0 Å². The van der Waals surface area contributed by atoms with E-state index >= 15 is 0 Å². The average Bonchev–Trinajstić information content (AvgIpc) is 2.46. The number of likely N-dealkylation sites (tertiary alicyclic amines) is 1. The maximum absolute atomic E-state index is 10.4. The van der Waals surface area contributed by atoms with Gasteiger partial charge in [-0.1, -0.05) is 0 Å². The number of carbonyl (C=O) groups excluding carboxylic acids is 1. The largest absolute Gasteiger partial charge is 0.373 e. The molecule has 2 heterocycles. The van der Waals surface area contributed by atoms with Crippen molar-refractivity contribution in [3.63, 3.8) is 0 Å². The van der Waals surface area contributed by atoms with Gasteiger partial charge < -0.3 is 15.0 Å². The first-order valence-electron chi connectivity index (χ1n) is 3.94. The summed E-state index contributed by atoms with van der Waals surface area (Å²) in [6, 6.07) is 0.369. The first-order chi connectivity index (χ1) is 5.40. The van der Waals surface area contributed by atoms with Crippen molar-refractivity contribution in [1.82, 2.24) is 10.2 Å². The predicted molar refractivity (Wildman–Crippen MR) is 39.2 cm³/mol. The molecule has 2 fully saturated rings. The van der Waals surface area contributed by atoms with E-state index < -0.39 is 0 Å². The van der Waals surface area contributed by atoms with Gasteiger partial charge >= 0.3 is 0 Å². The van der Waals surface area contributed by atoms with E-state index in [-0.39, 0.29) is 6.10 Å². The van der Waals surface area contributed by atoms with Gasteiger partial charge in [0.05, 0.1) is 18.8 Å². The first-order valence-corrected chi connectivity index (χ1v) is 3.94. The molecule has 1 N–H and O–H groups in total. The van der Waals surface area contributed by atoms with Gasteiger partial charge in [0.25, 0.3) is 0 Å². The Hall–Kier alpha value is -0.610. The van der Waals surface area contributed by atoms with Crippen molar-refractivity contribution in [3.8, 4) is 0 Å². The Morgan fingerprint density at radius 3 is 3.18 bits per heavy atom. The van der Waals surface area contributed by atoms with Gasteiger partial charge in [-0.15, -0.1) is 0 Å². The summed E-state index contributed by atoms with van der Waals surface area (Å²) in [6.07, 6.45) is 1.12. The van der Waals surface area contributed by atoms with Crippen LogP contribution in [0, 0.1) is 0 Å². The number of hydrogen-bond donors (Lipinski definition) is 1. The third kappa shape index (κ3) is 1.23. The maximum atomic E-state index is 10.4. The molecule has 11 heavy (non-hydrogen) atoms. The third-order valence-electron chi connectivity index (χ3n) is 2.28. The van der Waals surface area contributed by atoms with Gasteiger partial charge in [0.2, 0.25) is 6.41 Å². The Morgan fingerprint density at radius 1 is 1.55 bits per heavy atom. The second-order valence-corrected chi connectivity index (χ2v) is 3.03. The number of amides is 1. The molecule has 62 valence electrons. The van der Waals surface area contributed by atoms with Crippen molar-refractivity contribution in [2.45, 2.75) is 12.1 Å². The van der Waals surface area contributed by atoms with Gasteiger partial charge in [-0.25, -0.2) is 0 Å². The number of carbonyl (C=O) groups is 1. The first kappa shape index (κ1) is 7.06. The van der Waals surface area contributed by atoms with Crippen LogP contribution in [-0.2, 0) is 9.53 Å². The van der Waals surface area contributed by atoms with E-state index in [1.54, 1.807) is 4.90 Å². The highest BCUT2D eigenvalue weighted by molar-refractivity contribution is 5.48. The quantitative estimate of drug-likeness (QED) is 0.486. The molecular weight excluding hydrogens is 144 g/mol. The molecule has 0 radical (unpaired) electrons. The van der Waals surface area contributed by atoms with Gasteiger partial charge in [-0.2, -0.15) is 0 Å². The van der Waals surface area contributed by atoms with E-state index in [9.17, 15) is 4.79 Å². The maximum Gasteiger partial charge on any atom is 0.209 e. The molecule has 0 aliphatic carbocycles. The Labute approximate surface area is 65.5 Å². The SMILES string of the molecule is O=CN1CC2OCCN[C@H]2C1. The second kappa shape index (κ2) is 2.79. The van der Waals surface area contributed by atoms with Crippen molar-refractivity contribution in [2.75, 3.05) is 26.2 Å². The predicted octanol–water partition coefficient (Wildman–Crippen LogP) is -1.18. The molecule has 0 bridgehead atoms. The van der Waals surface area contributed by atoms with Gasteiger partial charge in [-0.3, -0.25) is 4.79 Å². The summed E-state index contributed by atoms with van der Waals surface area (Å²) in [4.78, 5) is 12.2. The number of fused-ring (bicyclic) bond motifs is 1. The number of morpholine rings is 1. The van der Waals surface area contributed by atoms with Crippen LogP contribution in [0.2, 0.25) is 0 Å². The zero-order chi connectivity index (χ0) is 7.68. The van der Waals surface area contributed by atoms with Crippen molar-refractivity contribution in [3.05, 3.63) is 0 Å². The normalized spacial score (nSPS) is 36.9. The molecule has 0 spiro atoms. The van der Waals surface area contributed by atoms with Gasteiger partial charge in [0.15, 0.2) is 0 Å². The Morgan fingerprint density at radius 2 is 2.45 bits per heavy atom. The minimum absolute atomic E-state index is 0.231. The monoisotopic (exact) mass is 156 g/mol. The van der Waals surface area contributed by atoms with Gasteiger partial charge in [0, 0.05) is 19.6 Å². The topological polar surface area (TPSA) is 41.6 Å². The van der Waals surface area contributed by atoms with Gasteiger partial charge in [-0.05, 0) is 0 Å². The standard InChI is InChI=1S/C7H12N2O2/c10-5-9-3-6-7(4-9)11-2-1-8-6/h5-8H,1-4H2/t6-,7?/m0/s1. The molecule has 2 saturated heterocycles. The van der Waals surface area contributed by atoms with Crippen molar-refractivity contribution >= 4 is 6.41 Å². The fraction of sp³-hybridized carbons (Fsp3) is 0.857. The van der Waals surface area contributed by atoms with E-state index in [0.717, 1.165) is 32.7 Å². The highest BCUT2D eigenvalue weighted by Gasteiger charge is 2.34. The number of nitrogens with one attached hydrogen (secondary N) is 1. The van der Waals surface area contributed by atoms with Crippen LogP contribution in [0.5, 0.6) is 0 Å². The summed E-state index contributed by atoms with van der Waals surface area (Å²) >= 11 is 0. The Balaban J connectivity index is 1.97. The van der Waals surface area contributed by atoms with Crippen molar-refractivity contribution in [1.29, 1.82) is 0 Å². The molecule has 2 aliphatic heterocycles. The molecule has 1 unspecified atom stereocenters. The van der Waals surface area contributed by atoms with Crippen LogP contribution in [0.4, 0.5) is 0 Å². The average molecular weight is 156 g/mol. The molecule has 0 aromatic rings. The van der Waals surface area contributed by atoms with Crippen LogP contribution in [0.25, 0.3) is 0 Å². The number of hydrogen-bond acceptors (Lipinski definition) is 3. The van der Waals surface area contributed by atoms with Crippen LogP contribution in [0.15, 0.2) is 0 Å². The lowest BCUT2D eigenvalue weighted by molar-refractivity contribution is -0.117. The fourth-order valence-electron chi connectivity index (χ4n) is 1.71. The molecule has 0 saturated carbocycles. The summed E-state index contributed by atoms with van der Waals surface area (Å²) < 4.78 is 5.47. The van der Waals surface area contributed by atoms with Crippen LogP contribution in [0.3, 0.4) is 0 Å². The van der Waals surface area contributed by atoms with Crippen LogP contribution in [0.1, 0.15) is 0 Å². The summed E-state index contributed by atoms with van der Waals surface area (Å²) in [5.74, 6) is 0. The molecule has 2 atom stereocenters. The second-order valence-electron chi connectivity index (χ2n) is 3.03. The summed E-state index contributed by atoms with van der Waals surface area (Å²) in [6.45, 7) is 3.23. The molecule has 2 rings (SSSR count). The minimum Gasteiger partial charge on any atom is -0.373 e. The van der Waals surface area contributed by atoms with E-state index in [1.165, 1.54) is 0 Å². The highest BCUT2D eigenvalue weighted by atomic mass is 16.5. The van der Waals surface area contributed by atoms with Crippen LogP contribution >= 0.6 is 0 Å². The molecule has 1 amide bonds. The Bertz CT molecular complexity index is 149. The highest BCUT2D eigenvalue weighted by Crippen LogP contribution is 2.14.